The minimum absolute atomic E-state index is 0.228. The molecule has 1 unspecified atom stereocenters. The molecule has 6 nitrogen and oxygen atoms in total. The normalized spacial score (nSPS) is 17.1. The molecular formula is C21H19BrN2O4S. The third-order valence-corrected chi connectivity index (χ3v) is 6.01. The molecule has 0 aromatic heterocycles. The van der Waals surface area contributed by atoms with Crippen molar-refractivity contribution < 1.29 is 19.8 Å². The van der Waals surface area contributed by atoms with Crippen LogP contribution < -0.4 is 5.32 Å². The molecule has 2 heterocycles. The van der Waals surface area contributed by atoms with Crippen LogP contribution >= 0.6 is 27.7 Å². The van der Waals surface area contributed by atoms with Crippen LogP contribution in [0.1, 0.15) is 22.6 Å². The molecule has 0 bridgehead atoms. The Hall–Kier alpha value is -2.58. The standard InChI is InChI=1S/C17H15BrN2S.C4H4O4/c18-12-5-6-15-14(9-12)16(17-19-7-8-20-17)13-4-2-1-3-11(13)10-21-15;5-3(6)1-2-4(7)8/h1-6,9,16H,7-8,10H2,(H,19,20);1-2H,(H,5,6)(H,7,8)/b;2-1-. The summed E-state index contributed by atoms with van der Waals surface area (Å²) in [5.74, 6) is -0.149. The van der Waals surface area contributed by atoms with Crippen LogP contribution in [0.5, 0.6) is 0 Å². The molecule has 0 fully saturated rings. The van der Waals surface area contributed by atoms with Gasteiger partial charge in [-0.25, -0.2) is 9.59 Å². The predicted molar refractivity (Wildman–Crippen MR) is 117 cm³/mol. The second-order valence-electron chi connectivity index (χ2n) is 6.31. The van der Waals surface area contributed by atoms with Gasteiger partial charge in [-0.3, -0.25) is 4.99 Å². The van der Waals surface area contributed by atoms with Gasteiger partial charge in [0, 0.05) is 33.8 Å². The molecule has 150 valence electrons. The number of hydrogen-bond donors (Lipinski definition) is 3. The highest BCUT2D eigenvalue weighted by molar-refractivity contribution is 9.10. The molecule has 0 spiro atoms. The van der Waals surface area contributed by atoms with Gasteiger partial charge in [0.15, 0.2) is 0 Å². The minimum Gasteiger partial charge on any atom is -0.478 e. The number of nitrogens with zero attached hydrogens (tertiary/aromatic N) is 1. The van der Waals surface area contributed by atoms with Crippen LogP contribution in [0.3, 0.4) is 0 Å². The number of fused-ring (bicyclic) bond motifs is 2. The first-order valence-electron chi connectivity index (χ1n) is 8.88. The van der Waals surface area contributed by atoms with E-state index in [-0.39, 0.29) is 5.92 Å². The van der Waals surface area contributed by atoms with Gasteiger partial charge >= 0.3 is 11.9 Å². The first-order chi connectivity index (χ1) is 14.0. The van der Waals surface area contributed by atoms with Gasteiger partial charge in [0.2, 0.25) is 0 Å². The lowest BCUT2D eigenvalue weighted by molar-refractivity contribution is -0.134. The van der Waals surface area contributed by atoms with Crippen molar-refractivity contribution in [3.63, 3.8) is 0 Å². The van der Waals surface area contributed by atoms with Gasteiger partial charge in [-0.05, 0) is 34.9 Å². The molecule has 4 rings (SSSR count). The number of rotatable bonds is 3. The SMILES string of the molecule is Brc1ccc2c(c1)C(C1=NCCN1)c1ccccc1CS2.O=C(O)/C=C\C(=O)O. The number of amidine groups is 1. The smallest absolute Gasteiger partial charge is 0.328 e. The maximum atomic E-state index is 9.55. The van der Waals surface area contributed by atoms with Gasteiger partial charge in [0.25, 0.3) is 0 Å². The molecule has 3 N–H and O–H groups in total. The molecule has 2 aromatic carbocycles. The third kappa shape index (κ3) is 5.48. The van der Waals surface area contributed by atoms with E-state index in [4.69, 9.17) is 15.2 Å². The zero-order valence-electron chi connectivity index (χ0n) is 15.3. The van der Waals surface area contributed by atoms with E-state index in [0.717, 1.165) is 29.2 Å². The Morgan fingerprint density at radius 1 is 1.10 bits per heavy atom. The Balaban J connectivity index is 0.000000258. The maximum absolute atomic E-state index is 9.55. The molecule has 0 amide bonds. The largest absolute Gasteiger partial charge is 0.478 e. The topological polar surface area (TPSA) is 99.0 Å². The van der Waals surface area contributed by atoms with Crippen molar-refractivity contribution in [2.24, 2.45) is 4.99 Å². The van der Waals surface area contributed by atoms with E-state index in [1.54, 1.807) is 0 Å². The number of halogens is 1. The molecule has 2 aromatic rings. The Morgan fingerprint density at radius 2 is 1.83 bits per heavy atom. The number of nitrogens with one attached hydrogen (secondary N) is 1. The van der Waals surface area contributed by atoms with Gasteiger partial charge in [0.1, 0.15) is 5.84 Å². The summed E-state index contributed by atoms with van der Waals surface area (Å²) in [7, 11) is 0. The summed E-state index contributed by atoms with van der Waals surface area (Å²) < 4.78 is 1.13. The maximum Gasteiger partial charge on any atom is 0.328 e. The van der Waals surface area contributed by atoms with Crippen LogP contribution in [0, 0.1) is 0 Å². The lowest BCUT2D eigenvalue weighted by atomic mass is 9.87. The zero-order chi connectivity index (χ0) is 20.8. The fourth-order valence-corrected chi connectivity index (χ4v) is 4.65. The van der Waals surface area contributed by atoms with E-state index < -0.39 is 11.9 Å². The van der Waals surface area contributed by atoms with Crippen LogP contribution in [-0.4, -0.2) is 41.1 Å². The van der Waals surface area contributed by atoms with E-state index in [2.05, 4.69) is 63.7 Å². The molecule has 0 aliphatic carbocycles. The predicted octanol–water partition coefficient (Wildman–Crippen LogP) is 3.90. The van der Waals surface area contributed by atoms with Crippen LogP contribution in [0.2, 0.25) is 0 Å². The van der Waals surface area contributed by atoms with Crippen LogP contribution in [0.4, 0.5) is 0 Å². The monoisotopic (exact) mass is 474 g/mol. The first kappa shape index (κ1) is 21.1. The molecule has 1 atom stereocenters. The molecule has 0 radical (unpaired) electrons. The number of carboxylic acids is 2. The number of aliphatic imine (C=N–C) groups is 1. The Morgan fingerprint density at radius 3 is 2.48 bits per heavy atom. The fraction of sp³-hybridized carbons (Fsp3) is 0.190. The number of thioether (sulfide) groups is 1. The molecule has 29 heavy (non-hydrogen) atoms. The lowest BCUT2D eigenvalue weighted by Crippen LogP contribution is -2.27. The van der Waals surface area contributed by atoms with E-state index in [9.17, 15) is 9.59 Å². The second kappa shape index (κ2) is 9.76. The Bertz CT molecular complexity index is 974. The van der Waals surface area contributed by atoms with Crippen LogP contribution in [0.25, 0.3) is 0 Å². The lowest BCUT2D eigenvalue weighted by Gasteiger charge is -2.20. The van der Waals surface area contributed by atoms with Gasteiger partial charge in [0.05, 0.1) is 12.5 Å². The summed E-state index contributed by atoms with van der Waals surface area (Å²) in [5, 5.41) is 19.1. The first-order valence-corrected chi connectivity index (χ1v) is 10.7. The summed E-state index contributed by atoms with van der Waals surface area (Å²) in [4.78, 5) is 25.2. The highest BCUT2D eigenvalue weighted by atomic mass is 79.9. The van der Waals surface area contributed by atoms with Gasteiger partial charge in [-0.1, -0.05) is 40.2 Å². The van der Waals surface area contributed by atoms with Crippen molar-refractivity contribution in [2.75, 3.05) is 13.1 Å². The minimum atomic E-state index is -1.26. The molecule has 8 heteroatoms. The Labute approximate surface area is 180 Å². The van der Waals surface area contributed by atoms with Crippen LogP contribution in [0.15, 0.2) is 69.0 Å². The average molecular weight is 475 g/mol. The molecule has 2 aliphatic heterocycles. The number of benzene rings is 2. The number of hydrogen-bond acceptors (Lipinski definition) is 5. The van der Waals surface area contributed by atoms with E-state index >= 15 is 0 Å². The molecule has 0 saturated carbocycles. The van der Waals surface area contributed by atoms with Crippen molar-refractivity contribution in [2.45, 2.75) is 16.6 Å². The summed E-state index contributed by atoms with van der Waals surface area (Å²) in [6, 6.07) is 15.4. The summed E-state index contributed by atoms with van der Waals surface area (Å²) in [5.41, 5.74) is 4.15. The summed E-state index contributed by atoms with van der Waals surface area (Å²) in [6.07, 6.45) is 1.12. The van der Waals surface area contributed by atoms with Crippen molar-refractivity contribution in [1.82, 2.24) is 5.32 Å². The average Bonchev–Trinajstić information content (AvgIpc) is 3.16. The molecule has 2 aliphatic rings. The summed E-state index contributed by atoms with van der Waals surface area (Å²) in [6.45, 7) is 1.83. The zero-order valence-corrected chi connectivity index (χ0v) is 17.7. The number of carbonyl (C=O) groups is 2. The van der Waals surface area contributed by atoms with E-state index in [0.29, 0.717) is 12.2 Å². The quantitative estimate of drug-likeness (QED) is 0.583. The van der Waals surface area contributed by atoms with Crippen molar-refractivity contribution in [3.8, 4) is 0 Å². The van der Waals surface area contributed by atoms with E-state index in [1.165, 1.54) is 21.6 Å². The van der Waals surface area contributed by atoms with Gasteiger partial charge in [-0.2, -0.15) is 0 Å². The highest BCUT2D eigenvalue weighted by Crippen LogP contribution is 2.42. The van der Waals surface area contributed by atoms with E-state index in [1.807, 2.05) is 11.8 Å². The molecular weight excluding hydrogens is 456 g/mol. The number of carboxylic acid groups (broad SMARTS) is 2. The van der Waals surface area contributed by atoms with Crippen molar-refractivity contribution in [1.29, 1.82) is 0 Å². The van der Waals surface area contributed by atoms with Crippen molar-refractivity contribution >= 4 is 45.5 Å². The Kier molecular flexibility index (Phi) is 7.11. The summed E-state index contributed by atoms with van der Waals surface area (Å²) >= 11 is 5.54. The molecule has 0 saturated heterocycles. The second-order valence-corrected chi connectivity index (χ2v) is 8.24. The highest BCUT2D eigenvalue weighted by Gasteiger charge is 2.29. The van der Waals surface area contributed by atoms with Crippen LogP contribution in [-0.2, 0) is 15.3 Å². The van der Waals surface area contributed by atoms with Crippen molar-refractivity contribution in [3.05, 3.63) is 75.8 Å². The fourth-order valence-electron chi connectivity index (χ4n) is 3.19. The van der Waals surface area contributed by atoms with Gasteiger partial charge in [-0.15, -0.1) is 11.8 Å². The third-order valence-electron chi connectivity index (χ3n) is 4.37. The number of aliphatic carboxylic acids is 2. The van der Waals surface area contributed by atoms with Gasteiger partial charge < -0.3 is 15.5 Å².